The van der Waals surface area contributed by atoms with Gasteiger partial charge in [-0.15, -0.1) is 0 Å². The van der Waals surface area contributed by atoms with E-state index >= 15 is 0 Å². The van der Waals surface area contributed by atoms with Crippen LogP contribution in [-0.2, 0) is 16.0 Å². The summed E-state index contributed by atoms with van der Waals surface area (Å²) in [4.78, 5) is 20.0. The van der Waals surface area contributed by atoms with Crippen LogP contribution in [0.2, 0.25) is 0 Å². The summed E-state index contributed by atoms with van der Waals surface area (Å²) < 4.78 is 0. The third kappa shape index (κ3) is 8.81. The van der Waals surface area contributed by atoms with Gasteiger partial charge in [0.05, 0.1) is 12.0 Å². The molecule has 5 heteroatoms. The van der Waals surface area contributed by atoms with Gasteiger partial charge in [0.15, 0.2) is 0 Å². The van der Waals surface area contributed by atoms with Crippen LogP contribution in [0, 0.1) is 5.92 Å². The van der Waals surface area contributed by atoms with Gasteiger partial charge in [-0.25, -0.2) is 0 Å². The predicted molar refractivity (Wildman–Crippen MR) is 81.7 cm³/mol. The van der Waals surface area contributed by atoms with Crippen molar-refractivity contribution in [3.8, 4) is 0 Å². The number of carbonyl (C=O) groups is 2. The zero-order chi connectivity index (χ0) is 16.5. The maximum Gasteiger partial charge on any atom is 0.306 e. The molecule has 0 fully saturated rings. The summed E-state index contributed by atoms with van der Waals surface area (Å²) in [6.07, 6.45) is 0.973. The molecule has 0 radical (unpaired) electrons. The second kappa shape index (κ2) is 9.13. The average Bonchev–Trinajstić information content (AvgIpc) is 2.36. The van der Waals surface area contributed by atoms with Crippen molar-refractivity contribution in [2.24, 2.45) is 11.7 Å². The van der Waals surface area contributed by atoms with Gasteiger partial charge in [0.2, 0.25) is 5.91 Å². The Kier molecular flexibility index (Phi) is 8.31. The van der Waals surface area contributed by atoms with Crippen molar-refractivity contribution in [2.75, 3.05) is 0 Å². The lowest BCUT2D eigenvalue weighted by molar-refractivity contribution is -0.145. The average molecular weight is 295 g/mol. The van der Waals surface area contributed by atoms with Crippen molar-refractivity contribution in [1.82, 2.24) is 0 Å². The van der Waals surface area contributed by atoms with Crippen LogP contribution in [0.15, 0.2) is 30.3 Å². The number of aryl methyl sites for hydroxylation is 1. The number of carboxylic acid groups (broad SMARTS) is 1. The van der Waals surface area contributed by atoms with Crippen LogP contribution in [0.1, 0.15) is 39.2 Å². The number of primary amides is 1. The first-order chi connectivity index (χ1) is 9.67. The van der Waals surface area contributed by atoms with Crippen molar-refractivity contribution in [3.05, 3.63) is 35.9 Å². The molecule has 1 rings (SSSR count). The van der Waals surface area contributed by atoms with Crippen LogP contribution in [0.25, 0.3) is 0 Å². The number of benzene rings is 1. The molecule has 0 heterocycles. The fraction of sp³-hybridized carbons (Fsp3) is 0.500. The van der Waals surface area contributed by atoms with Gasteiger partial charge in [0.25, 0.3) is 0 Å². The van der Waals surface area contributed by atoms with Crippen LogP contribution in [-0.4, -0.2) is 27.7 Å². The number of aliphatic hydroxyl groups is 1. The summed E-state index contributed by atoms with van der Waals surface area (Å²) in [6, 6.07) is 9.81. The normalized spacial score (nSPS) is 13.0. The highest BCUT2D eigenvalue weighted by molar-refractivity contribution is 5.70. The Balaban J connectivity index is 0.000000885. The smallest absolute Gasteiger partial charge is 0.306 e. The van der Waals surface area contributed by atoms with Crippen LogP contribution < -0.4 is 5.73 Å². The maximum absolute atomic E-state index is 10.8. The molecule has 0 spiro atoms. The van der Waals surface area contributed by atoms with E-state index in [0.29, 0.717) is 12.8 Å². The first-order valence-corrected chi connectivity index (χ1v) is 6.91. The van der Waals surface area contributed by atoms with Gasteiger partial charge < -0.3 is 15.9 Å². The molecule has 1 aromatic carbocycles. The van der Waals surface area contributed by atoms with E-state index in [9.17, 15) is 14.7 Å². The van der Waals surface area contributed by atoms with Gasteiger partial charge in [0, 0.05) is 6.92 Å². The fourth-order valence-electron chi connectivity index (χ4n) is 1.85. The largest absolute Gasteiger partial charge is 0.481 e. The molecule has 5 nitrogen and oxygen atoms in total. The number of rotatable bonds is 6. The van der Waals surface area contributed by atoms with Crippen LogP contribution in [0.3, 0.4) is 0 Å². The second-order valence-electron chi connectivity index (χ2n) is 5.43. The third-order valence-corrected chi connectivity index (χ3v) is 3.22. The summed E-state index contributed by atoms with van der Waals surface area (Å²) in [5.41, 5.74) is 4.47. The van der Waals surface area contributed by atoms with Crippen LogP contribution in [0.5, 0.6) is 0 Å². The van der Waals surface area contributed by atoms with Gasteiger partial charge in [-0.3, -0.25) is 9.59 Å². The number of amides is 1. The minimum Gasteiger partial charge on any atom is -0.481 e. The molecular formula is C16H25NO4. The molecule has 0 aromatic heterocycles. The zero-order valence-corrected chi connectivity index (χ0v) is 12.9. The van der Waals surface area contributed by atoms with E-state index in [1.807, 2.05) is 44.2 Å². The maximum atomic E-state index is 10.8. The highest BCUT2D eigenvalue weighted by Gasteiger charge is 2.33. The first kappa shape index (κ1) is 19.1. The highest BCUT2D eigenvalue weighted by atomic mass is 16.4. The molecule has 1 unspecified atom stereocenters. The summed E-state index contributed by atoms with van der Waals surface area (Å²) in [7, 11) is 0. The Morgan fingerprint density at radius 2 is 1.71 bits per heavy atom. The number of carbonyl (C=O) groups excluding carboxylic acids is 1. The Hall–Kier alpha value is -1.88. The monoisotopic (exact) mass is 295 g/mol. The topological polar surface area (TPSA) is 101 Å². The van der Waals surface area contributed by atoms with Crippen molar-refractivity contribution in [2.45, 2.75) is 45.6 Å². The minimum absolute atomic E-state index is 0.0673. The molecule has 1 atom stereocenters. The number of nitrogens with two attached hydrogens (primary N) is 1. The van der Waals surface area contributed by atoms with E-state index in [2.05, 4.69) is 5.73 Å². The number of hydrogen-bond donors (Lipinski definition) is 3. The molecule has 0 aliphatic heterocycles. The summed E-state index contributed by atoms with van der Waals surface area (Å²) in [5, 5.41) is 19.2. The lowest BCUT2D eigenvalue weighted by atomic mass is 9.82. The van der Waals surface area contributed by atoms with Crippen LogP contribution in [0.4, 0.5) is 0 Å². The predicted octanol–water partition coefficient (Wildman–Crippen LogP) is 1.97. The molecule has 0 bridgehead atoms. The SMILES string of the molecule is CC(C)C(O)(CCc1ccccc1)CC(=O)O.CC(N)=O. The van der Waals surface area contributed by atoms with E-state index < -0.39 is 11.6 Å². The van der Waals surface area contributed by atoms with E-state index in [0.717, 1.165) is 5.56 Å². The summed E-state index contributed by atoms with van der Waals surface area (Å²) in [5.74, 6) is -1.35. The van der Waals surface area contributed by atoms with E-state index in [1.54, 1.807) is 0 Å². The lowest BCUT2D eigenvalue weighted by Crippen LogP contribution is -2.38. The number of aliphatic carboxylic acids is 1. The zero-order valence-electron chi connectivity index (χ0n) is 12.9. The van der Waals surface area contributed by atoms with Crippen LogP contribution >= 0.6 is 0 Å². The molecule has 0 aliphatic rings. The van der Waals surface area contributed by atoms with E-state index in [-0.39, 0.29) is 18.2 Å². The minimum atomic E-state index is -1.12. The molecule has 118 valence electrons. The lowest BCUT2D eigenvalue weighted by Gasteiger charge is -2.30. The van der Waals surface area contributed by atoms with E-state index in [1.165, 1.54) is 6.92 Å². The molecule has 0 saturated heterocycles. The molecule has 4 N–H and O–H groups in total. The number of hydrogen-bond acceptors (Lipinski definition) is 3. The number of carboxylic acids is 1. The third-order valence-electron chi connectivity index (χ3n) is 3.22. The highest BCUT2D eigenvalue weighted by Crippen LogP contribution is 2.27. The molecule has 0 aliphatic carbocycles. The van der Waals surface area contributed by atoms with Gasteiger partial charge in [0.1, 0.15) is 0 Å². The fourth-order valence-corrected chi connectivity index (χ4v) is 1.85. The summed E-state index contributed by atoms with van der Waals surface area (Å²) >= 11 is 0. The van der Waals surface area contributed by atoms with Gasteiger partial charge in [-0.1, -0.05) is 44.2 Å². The Morgan fingerprint density at radius 1 is 1.24 bits per heavy atom. The quantitative estimate of drug-likeness (QED) is 0.747. The van der Waals surface area contributed by atoms with Crippen molar-refractivity contribution in [3.63, 3.8) is 0 Å². The first-order valence-electron chi connectivity index (χ1n) is 6.91. The standard InChI is InChI=1S/C14H20O3.C2H5NO/c1-11(2)14(17,10-13(15)16)9-8-12-6-4-3-5-7-12;1-2(3)4/h3-7,11,17H,8-10H2,1-2H3,(H,15,16);1H3,(H2,3,4). The van der Waals surface area contributed by atoms with Gasteiger partial charge in [-0.2, -0.15) is 0 Å². The Labute approximate surface area is 125 Å². The van der Waals surface area contributed by atoms with Crippen molar-refractivity contribution < 1.29 is 19.8 Å². The Bertz CT molecular complexity index is 441. The molecule has 21 heavy (non-hydrogen) atoms. The molecule has 1 aromatic rings. The second-order valence-corrected chi connectivity index (χ2v) is 5.43. The molecule has 1 amide bonds. The van der Waals surface area contributed by atoms with Gasteiger partial charge in [-0.05, 0) is 24.3 Å². The van der Waals surface area contributed by atoms with E-state index in [4.69, 9.17) is 5.11 Å². The Morgan fingerprint density at radius 3 is 2.10 bits per heavy atom. The van der Waals surface area contributed by atoms with Gasteiger partial charge >= 0.3 is 5.97 Å². The molecular weight excluding hydrogens is 270 g/mol. The van der Waals surface area contributed by atoms with Crippen molar-refractivity contribution >= 4 is 11.9 Å². The summed E-state index contributed by atoms with van der Waals surface area (Å²) in [6.45, 7) is 5.02. The molecule has 0 saturated carbocycles. The van der Waals surface area contributed by atoms with Crippen molar-refractivity contribution in [1.29, 1.82) is 0 Å².